The Morgan fingerprint density at radius 3 is 2.40 bits per heavy atom. The molecule has 0 saturated carbocycles. The van der Waals surface area contributed by atoms with Gasteiger partial charge in [-0.15, -0.1) is 0 Å². The maximum absolute atomic E-state index is 5.98. The van der Waals surface area contributed by atoms with Gasteiger partial charge >= 0.3 is 0 Å². The number of benzene rings is 1. The summed E-state index contributed by atoms with van der Waals surface area (Å²) in [5.41, 5.74) is 8.63. The molecule has 0 radical (unpaired) electrons. The quantitative estimate of drug-likeness (QED) is 0.750. The van der Waals surface area contributed by atoms with Crippen molar-refractivity contribution in [3.63, 3.8) is 0 Å². The van der Waals surface area contributed by atoms with E-state index in [-0.39, 0.29) is 0 Å². The van der Waals surface area contributed by atoms with E-state index in [0.717, 1.165) is 5.69 Å². The minimum atomic E-state index is 0.444. The maximum Gasteiger partial charge on any atom is 0.0362 e. The van der Waals surface area contributed by atoms with Crippen molar-refractivity contribution in [1.29, 1.82) is 0 Å². The van der Waals surface area contributed by atoms with Crippen LogP contribution >= 0.6 is 0 Å². The van der Waals surface area contributed by atoms with E-state index in [1.54, 1.807) is 0 Å². The Hall–Kier alpha value is -1.02. The van der Waals surface area contributed by atoms with Crippen LogP contribution in [0.3, 0.4) is 0 Å². The molecule has 2 rings (SSSR count). The first-order chi connectivity index (χ1) is 6.99. The lowest BCUT2D eigenvalue weighted by Crippen LogP contribution is -2.53. The lowest BCUT2D eigenvalue weighted by Gasteiger charge is -2.49. The van der Waals surface area contributed by atoms with Crippen molar-refractivity contribution in [2.45, 2.75) is 26.8 Å². The van der Waals surface area contributed by atoms with Gasteiger partial charge in [0.15, 0.2) is 0 Å². The number of likely N-dealkylation sites (tertiary alicyclic amines) is 1. The largest absolute Gasteiger partial charge is 0.398 e. The molecule has 2 heteroatoms. The van der Waals surface area contributed by atoms with E-state index < -0.39 is 0 Å². The van der Waals surface area contributed by atoms with Gasteiger partial charge < -0.3 is 5.73 Å². The first-order valence-corrected chi connectivity index (χ1v) is 5.58. The zero-order chi connectivity index (χ0) is 11.1. The van der Waals surface area contributed by atoms with Crippen LogP contribution in [0.2, 0.25) is 0 Å². The Labute approximate surface area is 92.1 Å². The molecular formula is C13H20N2. The summed E-state index contributed by atoms with van der Waals surface area (Å²) in [7, 11) is 0. The second-order valence-electron chi connectivity index (χ2n) is 5.37. The van der Waals surface area contributed by atoms with Crippen LogP contribution in [-0.4, -0.2) is 18.0 Å². The number of hydrogen-bond acceptors (Lipinski definition) is 2. The van der Waals surface area contributed by atoms with Crippen LogP contribution < -0.4 is 5.73 Å². The van der Waals surface area contributed by atoms with Crippen LogP contribution in [0.25, 0.3) is 0 Å². The van der Waals surface area contributed by atoms with Gasteiger partial charge in [-0.25, -0.2) is 0 Å². The second-order valence-corrected chi connectivity index (χ2v) is 5.37. The molecule has 2 N–H and O–H groups in total. The number of nitrogen functional groups attached to an aromatic ring is 1. The lowest BCUT2D eigenvalue weighted by molar-refractivity contribution is -0.000749. The molecule has 2 nitrogen and oxygen atoms in total. The van der Waals surface area contributed by atoms with Crippen molar-refractivity contribution < 1.29 is 0 Å². The van der Waals surface area contributed by atoms with Gasteiger partial charge in [0.05, 0.1) is 0 Å². The SMILES string of the molecule is CC(c1ccccc1N)N1CC(C)(C)C1. The highest BCUT2D eigenvalue weighted by Gasteiger charge is 2.37. The topological polar surface area (TPSA) is 29.3 Å². The average molecular weight is 204 g/mol. The summed E-state index contributed by atoms with van der Waals surface area (Å²) >= 11 is 0. The van der Waals surface area contributed by atoms with E-state index >= 15 is 0 Å². The van der Waals surface area contributed by atoms with Gasteiger partial charge in [-0.1, -0.05) is 32.0 Å². The number of rotatable bonds is 2. The maximum atomic E-state index is 5.98. The standard InChI is InChI=1S/C13H20N2/c1-10(15-8-13(2,3)9-15)11-6-4-5-7-12(11)14/h4-7,10H,8-9,14H2,1-3H3. The monoisotopic (exact) mass is 204 g/mol. The molecule has 0 aromatic heterocycles. The molecule has 1 aliphatic rings. The Kier molecular flexibility index (Phi) is 2.47. The summed E-state index contributed by atoms with van der Waals surface area (Å²) < 4.78 is 0. The van der Waals surface area contributed by atoms with E-state index in [0.29, 0.717) is 11.5 Å². The predicted octanol–water partition coefficient (Wildman–Crippen LogP) is 2.67. The van der Waals surface area contributed by atoms with E-state index in [1.165, 1.54) is 18.7 Å². The van der Waals surface area contributed by atoms with Crippen molar-refractivity contribution in [3.8, 4) is 0 Å². The van der Waals surface area contributed by atoms with Gasteiger partial charge in [0.25, 0.3) is 0 Å². The van der Waals surface area contributed by atoms with E-state index in [2.05, 4.69) is 37.8 Å². The molecule has 1 saturated heterocycles. The van der Waals surface area contributed by atoms with Crippen LogP contribution in [-0.2, 0) is 0 Å². The fourth-order valence-corrected chi connectivity index (χ4v) is 2.42. The molecule has 1 aromatic rings. The van der Waals surface area contributed by atoms with Gasteiger partial charge in [0.1, 0.15) is 0 Å². The molecule has 0 amide bonds. The molecule has 1 aromatic carbocycles. The molecule has 82 valence electrons. The highest BCUT2D eigenvalue weighted by molar-refractivity contribution is 5.48. The van der Waals surface area contributed by atoms with Crippen LogP contribution in [0.15, 0.2) is 24.3 Å². The number of hydrogen-bond donors (Lipinski definition) is 1. The summed E-state index contributed by atoms with van der Waals surface area (Å²) in [4.78, 5) is 2.48. The minimum Gasteiger partial charge on any atom is -0.398 e. The third kappa shape index (κ3) is 2.00. The van der Waals surface area contributed by atoms with E-state index in [4.69, 9.17) is 5.73 Å². The fourth-order valence-electron chi connectivity index (χ4n) is 2.42. The molecule has 1 heterocycles. The highest BCUT2D eigenvalue weighted by atomic mass is 15.2. The zero-order valence-electron chi connectivity index (χ0n) is 9.83. The average Bonchev–Trinajstić information content (AvgIpc) is 2.14. The predicted molar refractivity (Wildman–Crippen MR) is 64.6 cm³/mol. The molecule has 1 unspecified atom stereocenters. The number of nitrogens with zero attached hydrogens (tertiary/aromatic N) is 1. The number of para-hydroxylation sites is 1. The Bertz CT molecular complexity index is 349. The van der Waals surface area contributed by atoms with Gasteiger partial charge in [-0.2, -0.15) is 0 Å². The molecule has 0 aliphatic carbocycles. The summed E-state index contributed by atoms with van der Waals surface area (Å²) in [6.07, 6.45) is 0. The Morgan fingerprint density at radius 2 is 1.87 bits per heavy atom. The van der Waals surface area contributed by atoms with Crippen LogP contribution in [0.5, 0.6) is 0 Å². The first kappa shape index (κ1) is 10.5. The van der Waals surface area contributed by atoms with Crippen molar-refractivity contribution in [3.05, 3.63) is 29.8 Å². The normalized spacial score (nSPS) is 22.1. The summed E-state index contributed by atoms with van der Waals surface area (Å²) in [5, 5.41) is 0. The third-order valence-electron chi connectivity index (χ3n) is 3.26. The van der Waals surface area contributed by atoms with Crippen LogP contribution in [0.1, 0.15) is 32.4 Å². The zero-order valence-corrected chi connectivity index (χ0v) is 9.83. The molecule has 1 atom stereocenters. The van der Waals surface area contributed by atoms with Crippen molar-refractivity contribution >= 4 is 5.69 Å². The summed E-state index contributed by atoms with van der Waals surface area (Å²) in [6.45, 7) is 9.20. The lowest BCUT2D eigenvalue weighted by atomic mass is 9.82. The summed E-state index contributed by atoms with van der Waals surface area (Å²) in [5.74, 6) is 0. The molecule has 0 spiro atoms. The molecule has 15 heavy (non-hydrogen) atoms. The smallest absolute Gasteiger partial charge is 0.0362 e. The van der Waals surface area contributed by atoms with Crippen LogP contribution in [0, 0.1) is 5.41 Å². The second kappa shape index (κ2) is 3.53. The van der Waals surface area contributed by atoms with Gasteiger partial charge in [-0.3, -0.25) is 4.90 Å². The third-order valence-corrected chi connectivity index (χ3v) is 3.26. The highest BCUT2D eigenvalue weighted by Crippen LogP contribution is 2.37. The van der Waals surface area contributed by atoms with E-state index in [9.17, 15) is 0 Å². The van der Waals surface area contributed by atoms with E-state index in [1.807, 2.05) is 12.1 Å². The molecule has 1 aliphatic heterocycles. The Balaban J connectivity index is 2.10. The summed E-state index contributed by atoms with van der Waals surface area (Å²) in [6, 6.07) is 8.61. The van der Waals surface area contributed by atoms with Gasteiger partial charge in [0.2, 0.25) is 0 Å². The van der Waals surface area contributed by atoms with Crippen molar-refractivity contribution in [2.24, 2.45) is 5.41 Å². The van der Waals surface area contributed by atoms with Gasteiger partial charge in [0, 0.05) is 24.8 Å². The molecule has 1 fully saturated rings. The molecule has 0 bridgehead atoms. The Morgan fingerprint density at radius 1 is 1.27 bits per heavy atom. The first-order valence-electron chi connectivity index (χ1n) is 5.58. The fraction of sp³-hybridized carbons (Fsp3) is 0.538. The van der Waals surface area contributed by atoms with Crippen molar-refractivity contribution in [2.75, 3.05) is 18.8 Å². The number of anilines is 1. The number of nitrogens with two attached hydrogens (primary N) is 1. The van der Waals surface area contributed by atoms with Crippen LogP contribution in [0.4, 0.5) is 5.69 Å². The van der Waals surface area contributed by atoms with Crippen molar-refractivity contribution in [1.82, 2.24) is 4.90 Å². The molecular weight excluding hydrogens is 184 g/mol. The van der Waals surface area contributed by atoms with Gasteiger partial charge in [-0.05, 0) is 24.0 Å². The minimum absolute atomic E-state index is 0.444.